The van der Waals surface area contributed by atoms with Crippen LogP contribution < -0.4 is 9.80 Å². The van der Waals surface area contributed by atoms with Crippen molar-refractivity contribution in [2.75, 3.05) is 9.80 Å². The van der Waals surface area contributed by atoms with E-state index in [0.29, 0.717) is 0 Å². The quantitative estimate of drug-likeness (QED) is 0.163. The van der Waals surface area contributed by atoms with E-state index in [0.717, 1.165) is 23.6 Å². The Balaban J connectivity index is 1.02. The van der Waals surface area contributed by atoms with Crippen molar-refractivity contribution in [2.24, 2.45) is 0 Å². The summed E-state index contributed by atoms with van der Waals surface area (Å²) in [6.07, 6.45) is 7.28. The number of allylic oxidation sites excluding steroid dienone is 2. The maximum atomic E-state index is 2.58. The Morgan fingerprint density at radius 3 is 1.80 bits per heavy atom. The molecule has 0 aromatic heterocycles. The van der Waals surface area contributed by atoms with Crippen LogP contribution >= 0.6 is 0 Å². The topological polar surface area (TPSA) is 6.48 Å². The fourth-order valence-corrected chi connectivity index (χ4v) is 9.50. The molecule has 0 bridgehead atoms. The van der Waals surface area contributed by atoms with Gasteiger partial charge in [0.2, 0.25) is 0 Å². The SMILES string of the molecule is CC1(C)c2ccccc2-c2ccc(N(c3ccc(C4=CC5(C)c6ccccc6N(Cc6ccccc6)C5C=C4)cc3)c3ccc(-c4ccccc4)cc3)cc21. The van der Waals surface area contributed by atoms with Crippen molar-refractivity contribution < 1.29 is 0 Å². The van der Waals surface area contributed by atoms with Crippen molar-refractivity contribution in [1.82, 2.24) is 0 Å². The third-order valence-electron chi connectivity index (χ3n) is 12.4. The fraction of sp³-hybridized carbons (Fsp3) is 0.132. The lowest BCUT2D eigenvalue weighted by molar-refractivity contribution is 0.524. The lowest BCUT2D eigenvalue weighted by Gasteiger charge is -2.36. The summed E-state index contributed by atoms with van der Waals surface area (Å²) in [6, 6.07) is 64.8. The largest absolute Gasteiger partial charge is 0.359 e. The Morgan fingerprint density at radius 2 is 1.07 bits per heavy atom. The van der Waals surface area contributed by atoms with Gasteiger partial charge in [0, 0.05) is 40.1 Å². The molecule has 2 nitrogen and oxygen atoms in total. The zero-order valence-electron chi connectivity index (χ0n) is 31.7. The highest BCUT2D eigenvalue weighted by Crippen LogP contribution is 2.52. The molecule has 2 atom stereocenters. The highest BCUT2D eigenvalue weighted by atomic mass is 15.2. The van der Waals surface area contributed by atoms with Crippen LogP contribution in [0.2, 0.25) is 0 Å². The number of fused-ring (bicyclic) bond motifs is 6. The van der Waals surface area contributed by atoms with E-state index in [2.05, 4.69) is 225 Å². The third kappa shape index (κ3) is 5.47. The van der Waals surface area contributed by atoms with Crippen molar-refractivity contribution in [3.8, 4) is 22.3 Å². The van der Waals surface area contributed by atoms with Crippen LogP contribution in [-0.4, -0.2) is 6.04 Å². The number of para-hydroxylation sites is 1. The average Bonchev–Trinajstić information content (AvgIpc) is 3.62. The number of rotatable bonds is 7. The lowest BCUT2D eigenvalue weighted by Crippen LogP contribution is -2.41. The van der Waals surface area contributed by atoms with Crippen molar-refractivity contribution in [1.29, 1.82) is 0 Å². The van der Waals surface area contributed by atoms with Crippen LogP contribution in [0.15, 0.2) is 194 Å². The summed E-state index contributed by atoms with van der Waals surface area (Å²) in [6.45, 7) is 8.01. The minimum Gasteiger partial charge on any atom is -0.359 e. The molecule has 0 fully saturated rings. The van der Waals surface area contributed by atoms with Crippen LogP contribution in [0.1, 0.15) is 48.6 Å². The first kappa shape index (κ1) is 33.2. The van der Waals surface area contributed by atoms with Gasteiger partial charge in [0.25, 0.3) is 0 Å². The van der Waals surface area contributed by atoms with Crippen LogP contribution in [0, 0.1) is 0 Å². The molecule has 2 aliphatic carbocycles. The van der Waals surface area contributed by atoms with Crippen LogP contribution in [0.25, 0.3) is 27.8 Å². The molecule has 0 N–H and O–H groups in total. The summed E-state index contributed by atoms with van der Waals surface area (Å²) < 4.78 is 0. The van der Waals surface area contributed by atoms with E-state index < -0.39 is 0 Å². The van der Waals surface area contributed by atoms with Gasteiger partial charge in [-0.25, -0.2) is 0 Å². The number of anilines is 4. The average molecular weight is 709 g/mol. The van der Waals surface area contributed by atoms with E-state index in [1.165, 1.54) is 61.3 Å². The van der Waals surface area contributed by atoms with Crippen LogP contribution in [0.5, 0.6) is 0 Å². The molecule has 3 aliphatic rings. The number of nitrogens with zero attached hydrogens (tertiary/aromatic N) is 2. The Labute approximate surface area is 325 Å². The van der Waals surface area contributed by atoms with Crippen molar-refractivity contribution in [3.05, 3.63) is 222 Å². The first-order valence-corrected chi connectivity index (χ1v) is 19.5. The zero-order chi connectivity index (χ0) is 37.1. The number of hydrogen-bond acceptors (Lipinski definition) is 2. The van der Waals surface area contributed by atoms with E-state index in [9.17, 15) is 0 Å². The molecule has 55 heavy (non-hydrogen) atoms. The normalized spacial score (nSPS) is 18.6. The third-order valence-corrected chi connectivity index (χ3v) is 12.4. The van der Waals surface area contributed by atoms with Gasteiger partial charge in [0.15, 0.2) is 0 Å². The second-order valence-corrected chi connectivity index (χ2v) is 16.0. The fourth-order valence-electron chi connectivity index (χ4n) is 9.50. The molecule has 266 valence electrons. The molecular formula is C53H44N2. The summed E-state index contributed by atoms with van der Waals surface area (Å²) in [4.78, 5) is 4.99. The summed E-state index contributed by atoms with van der Waals surface area (Å²) in [7, 11) is 0. The van der Waals surface area contributed by atoms with E-state index in [1.54, 1.807) is 0 Å². The summed E-state index contributed by atoms with van der Waals surface area (Å²) in [5.74, 6) is 0. The first-order valence-electron chi connectivity index (χ1n) is 19.5. The molecule has 0 spiro atoms. The number of benzene rings is 7. The highest BCUT2D eigenvalue weighted by molar-refractivity contribution is 5.87. The predicted octanol–water partition coefficient (Wildman–Crippen LogP) is 13.4. The predicted molar refractivity (Wildman–Crippen MR) is 231 cm³/mol. The number of hydrogen-bond donors (Lipinski definition) is 0. The van der Waals surface area contributed by atoms with Gasteiger partial charge < -0.3 is 9.80 Å². The Bertz CT molecular complexity index is 2600. The standard InChI is InChI=1S/C53H44N2/c1-52(2)47-19-11-10-18-45(47)46-32-31-44(34-49(46)52)55(42-27-22-39(23-28-42)38-16-8-5-9-17-38)43-29-24-40(25-30-43)41-26-33-51-53(3,35-41)48-20-12-13-21-50(48)54(51)36-37-14-6-4-7-15-37/h4-35,51H,36H2,1-3H3. The molecule has 10 rings (SSSR count). The molecule has 7 aromatic rings. The summed E-state index contributed by atoms with van der Waals surface area (Å²) in [5, 5.41) is 0. The van der Waals surface area contributed by atoms with Gasteiger partial charge >= 0.3 is 0 Å². The molecule has 0 saturated carbocycles. The van der Waals surface area contributed by atoms with Gasteiger partial charge in [-0.2, -0.15) is 0 Å². The maximum Gasteiger partial charge on any atom is 0.0610 e. The van der Waals surface area contributed by atoms with Gasteiger partial charge in [-0.1, -0.05) is 166 Å². The van der Waals surface area contributed by atoms with Crippen molar-refractivity contribution in [2.45, 2.75) is 44.2 Å². The van der Waals surface area contributed by atoms with Gasteiger partial charge in [-0.3, -0.25) is 0 Å². The minimum atomic E-state index is -0.143. The van der Waals surface area contributed by atoms with E-state index >= 15 is 0 Å². The molecule has 1 aliphatic heterocycles. The molecule has 2 unspecified atom stereocenters. The summed E-state index contributed by atoms with van der Waals surface area (Å²) in [5.41, 5.74) is 17.6. The second kappa shape index (κ2) is 12.9. The van der Waals surface area contributed by atoms with Crippen molar-refractivity contribution >= 4 is 28.3 Å². The summed E-state index contributed by atoms with van der Waals surface area (Å²) >= 11 is 0. The monoisotopic (exact) mass is 708 g/mol. The smallest absolute Gasteiger partial charge is 0.0610 e. The Kier molecular flexibility index (Phi) is 7.78. The minimum absolute atomic E-state index is 0.0854. The van der Waals surface area contributed by atoms with Crippen molar-refractivity contribution in [3.63, 3.8) is 0 Å². The van der Waals surface area contributed by atoms with Crippen LogP contribution in [0.4, 0.5) is 22.7 Å². The van der Waals surface area contributed by atoms with Gasteiger partial charge in [0.05, 0.1) is 6.04 Å². The van der Waals surface area contributed by atoms with Crippen LogP contribution in [0.3, 0.4) is 0 Å². The molecule has 2 heteroatoms. The molecule has 1 heterocycles. The van der Waals surface area contributed by atoms with E-state index in [4.69, 9.17) is 0 Å². The zero-order valence-corrected chi connectivity index (χ0v) is 31.7. The molecule has 0 amide bonds. The molecular weight excluding hydrogens is 665 g/mol. The van der Waals surface area contributed by atoms with Gasteiger partial charge in [-0.15, -0.1) is 0 Å². The maximum absolute atomic E-state index is 2.58. The van der Waals surface area contributed by atoms with Gasteiger partial charge in [0.1, 0.15) is 0 Å². The Morgan fingerprint density at radius 1 is 0.509 bits per heavy atom. The van der Waals surface area contributed by atoms with Gasteiger partial charge in [-0.05, 0) is 105 Å². The lowest BCUT2D eigenvalue weighted by atomic mass is 9.73. The van der Waals surface area contributed by atoms with Crippen LogP contribution in [-0.2, 0) is 17.4 Å². The van der Waals surface area contributed by atoms with E-state index in [1.807, 2.05) is 0 Å². The Hall–Kier alpha value is -6.38. The van der Waals surface area contributed by atoms with E-state index in [-0.39, 0.29) is 16.9 Å². The second-order valence-electron chi connectivity index (χ2n) is 16.0. The molecule has 7 aromatic carbocycles. The highest BCUT2D eigenvalue weighted by Gasteiger charge is 2.46. The first-order chi connectivity index (χ1) is 26.9. The molecule has 0 saturated heterocycles. The molecule has 0 radical (unpaired) electrons.